The zero-order chi connectivity index (χ0) is 21.3. The van der Waals surface area contributed by atoms with Crippen LogP contribution in [0.15, 0.2) is 59.0 Å². The van der Waals surface area contributed by atoms with Crippen molar-refractivity contribution in [1.29, 1.82) is 0 Å². The Morgan fingerprint density at radius 1 is 1.00 bits per heavy atom. The van der Waals surface area contributed by atoms with Crippen LogP contribution in [0.2, 0.25) is 10.0 Å². The summed E-state index contributed by atoms with van der Waals surface area (Å²) in [6.45, 7) is 0. The molecular formula is C22H16Cl2N2O4. The lowest BCUT2D eigenvalue weighted by Crippen LogP contribution is -2.14. The molecule has 0 saturated carbocycles. The number of aromatic nitrogens is 1. The molecule has 0 spiro atoms. The Bertz CT molecular complexity index is 1210. The van der Waals surface area contributed by atoms with Gasteiger partial charge >= 0.3 is 0 Å². The van der Waals surface area contributed by atoms with Crippen molar-refractivity contribution in [3.63, 3.8) is 0 Å². The Balaban J connectivity index is 1.59. The summed E-state index contributed by atoms with van der Waals surface area (Å²) >= 11 is 12.2. The number of benzene rings is 3. The molecule has 0 bridgehead atoms. The molecule has 0 atom stereocenters. The number of carbonyl (C=O) groups excluding carboxylic acids is 1. The van der Waals surface area contributed by atoms with Crippen molar-refractivity contribution in [3.8, 4) is 23.0 Å². The second-order valence-electron chi connectivity index (χ2n) is 6.32. The normalized spacial score (nSPS) is 10.8. The Kier molecular flexibility index (Phi) is 5.53. The van der Waals surface area contributed by atoms with Crippen LogP contribution in [-0.4, -0.2) is 25.1 Å². The van der Waals surface area contributed by atoms with Gasteiger partial charge in [0.2, 0.25) is 5.89 Å². The first-order valence-electron chi connectivity index (χ1n) is 8.88. The van der Waals surface area contributed by atoms with Gasteiger partial charge in [0.1, 0.15) is 22.6 Å². The highest BCUT2D eigenvalue weighted by molar-refractivity contribution is 6.38. The average Bonchev–Trinajstić information content (AvgIpc) is 3.18. The van der Waals surface area contributed by atoms with E-state index in [1.165, 1.54) is 14.2 Å². The molecule has 30 heavy (non-hydrogen) atoms. The molecule has 1 amide bonds. The van der Waals surface area contributed by atoms with Gasteiger partial charge in [0, 0.05) is 16.3 Å². The van der Waals surface area contributed by atoms with Gasteiger partial charge in [-0.15, -0.1) is 0 Å². The number of amides is 1. The number of methoxy groups -OCH3 is 2. The molecule has 4 rings (SSSR count). The van der Waals surface area contributed by atoms with Crippen LogP contribution >= 0.6 is 23.2 Å². The molecule has 0 saturated heterocycles. The number of anilines is 1. The number of hydrogen-bond acceptors (Lipinski definition) is 5. The molecule has 0 radical (unpaired) electrons. The first-order valence-corrected chi connectivity index (χ1v) is 9.64. The van der Waals surface area contributed by atoms with Crippen LogP contribution in [-0.2, 0) is 0 Å². The van der Waals surface area contributed by atoms with Gasteiger partial charge in [0.15, 0.2) is 5.58 Å². The molecule has 0 fully saturated rings. The van der Waals surface area contributed by atoms with Gasteiger partial charge in [-0.25, -0.2) is 4.98 Å². The van der Waals surface area contributed by atoms with Crippen LogP contribution in [0.4, 0.5) is 5.69 Å². The number of rotatable bonds is 5. The number of nitrogens with zero attached hydrogens (tertiary/aromatic N) is 1. The summed E-state index contributed by atoms with van der Waals surface area (Å²) < 4.78 is 16.3. The van der Waals surface area contributed by atoms with E-state index in [1.54, 1.807) is 54.6 Å². The molecule has 152 valence electrons. The monoisotopic (exact) mass is 442 g/mol. The zero-order valence-electron chi connectivity index (χ0n) is 16.0. The van der Waals surface area contributed by atoms with Crippen LogP contribution in [0.1, 0.15) is 10.4 Å². The number of halogens is 2. The SMILES string of the molecule is COc1cccc(OC)c1C(=O)Nc1ccc(-c2nc3cc(Cl)cc(Cl)c3o2)cc1. The topological polar surface area (TPSA) is 73.6 Å². The number of hydrogen-bond donors (Lipinski definition) is 1. The standard InChI is InChI=1S/C22H16Cl2N2O4/c1-28-17-4-3-5-18(29-2)19(17)21(27)25-14-8-6-12(7-9-14)22-26-16-11-13(23)10-15(24)20(16)30-22/h3-11H,1-2H3,(H,25,27). The van der Waals surface area contributed by atoms with E-state index in [-0.39, 0.29) is 5.91 Å². The van der Waals surface area contributed by atoms with E-state index in [2.05, 4.69) is 10.3 Å². The molecule has 0 unspecified atom stereocenters. The molecule has 6 nitrogen and oxygen atoms in total. The first kappa shape index (κ1) is 20.1. The fourth-order valence-corrected chi connectivity index (χ4v) is 3.57. The summed E-state index contributed by atoms with van der Waals surface area (Å²) in [6.07, 6.45) is 0. The molecule has 0 aliphatic heterocycles. The predicted octanol–water partition coefficient (Wildman–Crippen LogP) is 6.07. The van der Waals surface area contributed by atoms with E-state index < -0.39 is 0 Å². The summed E-state index contributed by atoms with van der Waals surface area (Å²) in [5.41, 5.74) is 2.68. The molecule has 4 aromatic rings. The number of carbonyl (C=O) groups is 1. The van der Waals surface area contributed by atoms with Gasteiger partial charge in [-0.2, -0.15) is 0 Å². The third kappa shape index (κ3) is 3.79. The van der Waals surface area contributed by atoms with E-state index in [1.807, 2.05) is 0 Å². The quantitative estimate of drug-likeness (QED) is 0.405. The highest BCUT2D eigenvalue weighted by Gasteiger charge is 2.18. The smallest absolute Gasteiger partial charge is 0.263 e. The van der Waals surface area contributed by atoms with Crippen LogP contribution in [0.25, 0.3) is 22.6 Å². The van der Waals surface area contributed by atoms with Crippen molar-refractivity contribution >= 4 is 45.9 Å². The Hall–Kier alpha value is -3.22. The van der Waals surface area contributed by atoms with Gasteiger partial charge in [0.25, 0.3) is 5.91 Å². The zero-order valence-corrected chi connectivity index (χ0v) is 17.5. The maximum Gasteiger partial charge on any atom is 0.263 e. The van der Waals surface area contributed by atoms with Crippen LogP contribution < -0.4 is 14.8 Å². The van der Waals surface area contributed by atoms with Crippen LogP contribution in [0.3, 0.4) is 0 Å². The van der Waals surface area contributed by atoms with E-state index >= 15 is 0 Å². The molecule has 1 aromatic heterocycles. The second kappa shape index (κ2) is 8.26. The Morgan fingerprint density at radius 3 is 2.30 bits per heavy atom. The van der Waals surface area contributed by atoms with Crippen molar-refractivity contribution in [2.45, 2.75) is 0 Å². The number of nitrogens with one attached hydrogen (secondary N) is 1. The maximum absolute atomic E-state index is 12.8. The number of fused-ring (bicyclic) bond motifs is 1. The van der Waals surface area contributed by atoms with E-state index in [0.717, 1.165) is 5.56 Å². The van der Waals surface area contributed by atoms with Crippen molar-refractivity contribution in [3.05, 3.63) is 70.2 Å². The van der Waals surface area contributed by atoms with Gasteiger partial charge in [-0.05, 0) is 48.5 Å². The second-order valence-corrected chi connectivity index (χ2v) is 7.17. The van der Waals surface area contributed by atoms with Gasteiger partial charge in [-0.3, -0.25) is 4.79 Å². The lowest BCUT2D eigenvalue weighted by molar-refractivity contribution is 0.102. The van der Waals surface area contributed by atoms with E-state index in [9.17, 15) is 4.79 Å². The van der Waals surface area contributed by atoms with Gasteiger partial charge < -0.3 is 19.2 Å². The molecule has 1 heterocycles. The van der Waals surface area contributed by atoms with E-state index in [4.69, 9.17) is 37.1 Å². The van der Waals surface area contributed by atoms with Crippen molar-refractivity contribution in [2.75, 3.05) is 19.5 Å². The average molecular weight is 443 g/mol. The van der Waals surface area contributed by atoms with Crippen LogP contribution in [0.5, 0.6) is 11.5 Å². The van der Waals surface area contributed by atoms with E-state index in [0.29, 0.717) is 49.8 Å². The first-order chi connectivity index (χ1) is 14.5. The summed E-state index contributed by atoms with van der Waals surface area (Å²) in [5.74, 6) is 0.898. The Morgan fingerprint density at radius 2 is 1.67 bits per heavy atom. The molecule has 8 heteroatoms. The fraction of sp³-hybridized carbons (Fsp3) is 0.0909. The fourth-order valence-electron chi connectivity index (χ4n) is 3.05. The van der Waals surface area contributed by atoms with Crippen LogP contribution in [0, 0.1) is 0 Å². The highest BCUT2D eigenvalue weighted by Crippen LogP contribution is 2.33. The largest absolute Gasteiger partial charge is 0.496 e. The molecule has 0 aliphatic carbocycles. The minimum Gasteiger partial charge on any atom is -0.496 e. The third-order valence-corrected chi connectivity index (χ3v) is 4.95. The third-order valence-electron chi connectivity index (χ3n) is 4.45. The number of ether oxygens (including phenoxy) is 2. The lowest BCUT2D eigenvalue weighted by atomic mass is 10.1. The predicted molar refractivity (Wildman–Crippen MR) is 117 cm³/mol. The van der Waals surface area contributed by atoms with Gasteiger partial charge in [0.05, 0.1) is 19.2 Å². The minimum absolute atomic E-state index is 0.317. The van der Waals surface area contributed by atoms with Gasteiger partial charge in [-0.1, -0.05) is 29.3 Å². The summed E-state index contributed by atoms with van der Waals surface area (Å²) in [7, 11) is 3.00. The van der Waals surface area contributed by atoms with Crippen molar-refractivity contribution in [2.24, 2.45) is 0 Å². The summed E-state index contributed by atoms with van der Waals surface area (Å²) in [6, 6.07) is 15.5. The molecular weight excluding hydrogens is 427 g/mol. The minimum atomic E-state index is -0.347. The lowest BCUT2D eigenvalue weighted by Gasteiger charge is -2.13. The van der Waals surface area contributed by atoms with Crippen molar-refractivity contribution < 1.29 is 18.7 Å². The highest BCUT2D eigenvalue weighted by atomic mass is 35.5. The number of oxazole rings is 1. The Labute approximate surface area is 182 Å². The summed E-state index contributed by atoms with van der Waals surface area (Å²) in [5, 5.41) is 3.72. The van der Waals surface area contributed by atoms with Crippen molar-refractivity contribution in [1.82, 2.24) is 4.98 Å². The molecule has 3 aromatic carbocycles. The maximum atomic E-state index is 12.8. The molecule has 0 aliphatic rings. The molecule has 1 N–H and O–H groups in total. The summed E-state index contributed by atoms with van der Waals surface area (Å²) in [4.78, 5) is 17.2.